The van der Waals surface area contributed by atoms with Crippen LogP contribution < -0.4 is 5.73 Å². The summed E-state index contributed by atoms with van der Waals surface area (Å²) in [7, 11) is -3.34. The highest BCUT2D eigenvalue weighted by molar-refractivity contribution is 7.91. The zero-order valence-electron chi connectivity index (χ0n) is 13.1. The Morgan fingerprint density at radius 2 is 1.78 bits per heavy atom. The molecule has 124 valence electrons. The van der Waals surface area contributed by atoms with Gasteiger partial charge in [-0.25, -0.2) is 8.42 Å². The van der Waals surface area contributed by atoms with Crippen molar-refractivity contribution in [2.45, 2.75) is 30.3 Å². The van der Waals surface area contributed by atoms with Crippen molar-refractivity contribution in [1.82, 2.24) is 0 Å². The highest BCUT2D eigenvalue weighted by Crippen LogP contribution is 2.21. The monoisotopic (exact) mass is 333 g/mol. The van der Waals surface area contributed by atoms with Crippen LogP contribution in [-0.2, 0) is 16.3 Å². The average Bonchev–Trinajstić information content (AvgIpc) is 2.56. The van der Waals surface area contributed by atoms with Crippen LogP contribution in [0.2, 0.25) is 0 Å². The number of aryl methyl sites for hydroxylation is 1. The summed E-state index contributed by atoms with van der Waals surface area (Å²) in [5.74, 6) is 0.0956. The minimum atomic E-state index is -3.34. The molecule has 0 saturated heterocycles. The fraction of sp³-hybridized carbons (Fsp3) is 0.333. The Labute approximate surface area is 137 Å². The SMILES string of the molecule is NCCC(O)c1cccc(S(=O)(=O)CCCc2ccccc2)c1. The molecule has 0 heterocycles. The zero-order chi connectivity index (χ0) is 16.7. The minimum absolute atomic E-state index is 0.0956. The van der Waals surface area contributed by atoms with Crippen molar-refractivity contribution in [1.29, 1.82) is 0 Å². The first-order valence-corrected chi connectivity index (χ1v) is 9.43. The second-order valence-corrected chi connectivity index (χ2v) is 7.68. The van der Waals surface area contributed by atoms with Gasteiger partial charge in [-0.1, -0.05) is 42.5 Å². The molecular formula is C18H23NO3S. The van der Waals surface area contributed by atoms with Gasteiger partial charge in [-0.2, -0.15) is 0 Å². The van der Waals surface area contributed by atoms with Crippen molar-refractivity contribution in [3.8, 4) is 0 Å². The topological polar surface area (TPSA) is 80.4 Å². The maximum Gasteiger partial charge on any atom is 0.178 e. The van der Waals surface area contributed by atoms with Crippen molar-refractivity contribution in [3.05, 3.63) is 65.7 Å². The van der Waals surface area contributed by atoms with Gasteiger partial charge in [0.1, 0.15) is 0 Å². The van der Waals surface area contributed by atoms with Gasteiger partial charge in [0.05, 0.1) is 16.8 Å². The van der Waals surface area contributed by atoms with Gasteiger partial charge in [-0.15, -0.1) is 0 Å². The lowest BCUT2D eigenvalue weighted by Gasteiger charge is -2.11. The number of nitrogens with two attached hydrogens (primary N) is 1. The van der Waals surface area contributed by atoms with Crippen molar-refractivity contribution >= 4 is 9.84 Å². The molecule has 0 amide bonds. The second-order valence-electron chi connectivity index (χ2n) is 5.57. The van der Waals surface area contributed by atoms with E-state index in [1.54, 1.807) is 24.3 Å². The van der Waals surface area contributed by atoms with E-state index in [4.69, 9.17) is 5.73 Å². The van der Waals surface area contributed by atoms with Gasteiger partial charge in [-0.05, 0) is 49.1 Å². The van der Waals surface area contributed by atoms with Gasteiger partial charge in [0, 0.05) is 0 Å². The van der Waals surface area contributed by atoms with Crippen LogP contribution in [0.15, 0.2) is 59.5 Å². The Balaban J connectivity index is 2.03. The third-order valence-electron chi connectivity index (χ3n) is 3.76. The van der Waals surface area contributed by atoms with Crippen molar-refractivity contribution in [3.63, 3.8) is 0 Å². The first kappa shape index (κ1) is 17.7. The van der Waals surface area contributed by atoms with Crippen LogP contribution in [-0.4, -0.2) is 25.8 Å². The Hall–Kier alpha value is -1.69. The highest BCUT2D eigenvalue weighted by atomic mass is 32.2. The summed E-state index contributed by atoms with van der Waals surface area (Å²) in [5.41, 5.74) is 7.16. The molecule has 0 aliphatic heterocycles. The lowest BCUT2D eigenvalue weighted by molar-refractivity contribution is 0.170. The molecule has 0 aliphatic rings. The van der Waals surface area contributed by atoms with E-state index in [2.05, 4.69) is 0 Å². The molecule has 2 aromatic rings. The Bertz CT molecular complexity index is 714. The van der Waals surface area contributed by atoms with E-state index in [1.165, 1.54) is 0 Å². The molecule has 0 spiro atoms. The Morgan fingerprint density at radius 3 is 2.48 bits per heavy atom. The molecule has 0 radical (unpaired) electrons. The number of benzene rings is 2. The summed E-state index contributed by atoms with van der Waals surface area (Å²) in [6.07, 6.45) is 0.995. The van der Waals surface area contributed by atoms with Crippen LogP contribution >= 0.6 is 0 Å². The van der Waals surface area contributed by atoms with E-state index in [9.17, 15) is 13.5 Å². The number of aliphatic hydroxyl groups is 1. The molecule has 1 atom stereocenters. The molecular weight excluding hydrogens is 310 g/mol. The molecule has 0 fully saturated rings. The maximum absolute atomic E-state index is 12.4. The van der Waals surface area contributed by atoms with E-state index >= 15 is 0 Å². The van der Waals surface area contributed by atoms with Gasteiger partial charge in [0.25, 0.3) is 0 Å². The predicted molar refractivity (Wildman–Crippen MR) is 91.9 cm³/mol. The lowest BCUT2D eigenvalue weighted by Crippen LogP contribution is -2.10. The first-order valence-electron chi connectivity index (χ1n) is 7.78. The number of aliphatic hydroxyl groups excluding tert-OH is 1. The van der Waals surface area contributed by atoms with Gasteiger partial charge in [-0.3, -0.25) is 0 Å². The maximum atomic E-state index is 12.4. The highest BCUT2D eigenvalue weighted by Gasteiger charge is 2.16. The predicted octanol–water partition coefficient (Wildman–Crippen LogP) is 2.48. The summed E-state index contributed by atoms with van der Waals surface area (Å²) in [6, 6.07) is 16.4. The van der Waals surface area contributed by atoms with Crippen LogP contribution in [0.4, 0.5) is 0 Å². The van der Waals surface area contributed by atoms with Crippen LogP contribution in [0.3, 0.4) is 0 Å². The zero-order valence-corrected chi connectivity index (χ0v) is 13.9. The first-order chi connectivity index (χ1) is 11.0. The molecule has 0 aromatic heterocycles. The van der Waals surface area contributed by atoms with Crippen LogP contribution in [0.1, 0.15) is 30.1 Å². The summed E-state index contributed by atoms with van der Waals surface area (Å²) in [4.78, 5) is 0.263. The third-order valence-corrected chi connectivity index (χ3v) is 5.56. The van der Waals surface area contributed by atoms with Crippen LogP contribution in [0.25, 0.3) is 0 Å². The van der Waals surface area contributed by atoms with Gasteiger partial charge < -0.3 is 10.8 Å². The van der Waals surface area contributed by atoms with Crippen molar-refractivity contribution in [2.24, 2.45) is 5.73 Å². The number of hydrogen-bond acceptors (Lipinski definition) is 4. The molecule has 23 heavy (non-hydrogen) atoms. The lowest BCUT2D eigenvalue weighted by atomic mass is 10.1. The van der Waals surface area contributed by atoms with Gasteiger partial charge in [0.2, 0.25) is 0 Å². The quantitative estimate of drug-likeness (QED) is 0.778. The van der Waals surface area contributed by atoms with Gasteiger partial charge >= 0.3 is 0 Å². The van der Waals surface area contributed by atoms with Crippen molar-refractivity contribution < 1.29 is 13.5 Å². The van der Waals surface area contributed by atoms with E-state index in [0.717, 1.165) is 12.0 Å². The standard InChI is InChI=1S/C18H23NO3S/c19-12-11-18(20)16-9-4-10-17(14-16)23(21,22)13-5-8-15-6-2-1-3-7-15/h1-4,6-7,9-10,14,18,20H,5,8,11-13,19H2. The smallest absolute Gasteiger partial charge is 0.178 e. The Kier molecular flexibility index (Phi) is 6.33. The second kappa shape index (κ2) is 8.24. The van der Waals surface area contributed by atoms with Crippen molar-refractivity contribution in [2.75, 3.05) is 12.3 Å². The number of hydrogen-bond donors (Lipinski definition) is 2. The van der Waals surface area contributed by atoms with E-state index < -0.39 is 15.9 Å². The molecule has 0 saturated carbocycles. The average molecular weight is 333 g/mol. The number of rotatable bonds is 8. The molecule has 1 unspecified atom stereocenters. The normalized spacial score (nSPS) is 13.0. The van der Waals surface area contributed by atoms with Crippen LogP contribution in [0, 0.1) is 0 Å². The molecule has 2 aromatic carbocycles. The molecule has 4 nitrogen and oxygen atoms in total. The van der Waals surface area contributed by atoms with E-state index in [0.29, 0.717) is 24.9 Å². The Morgan fingerprint density at radius 1 is 1.04 bits per heavy atom. The molecule has 2 rings (SSSR count). The van der Waals surface area contributed by atoms with Crippen LogP contribution in [0.5, 0.6) is 0 Å². The fourth-order valence-corrected chi connectivity index (χ4v) is 3.83. The molecule has 0 aliphatic carbocycles. The molecule has 5 heteroatoms. The summed E-state index contributed by atoms with van der Waals surface area (Å²) >= 11 is 0. The van der Waals surface area contributed by atoms with Gasteiger partial charge in [0.15, 0.2) is 9.84 Å². The third kappa shape index (κ3) is 5.16. The van der Waals surface area contributed by atoms with E-state index in [1.807, 2.05) is 30.3 Å². The van der Waals surface area contributed by atoms with E-state index in [-0.39, 0.29) is 10.6 Å². The number of sulfone groups is 1. The minimum Gasteiger partial charge on any atom is -0.388 e. The molecule has 0 bridgehead atoms. The summed E-state index contributed by atoms with van der Waals surface area (Å²) in [6.45, 7) is 0.356. The summed E-state index contributed by atoms with van der Waals surface area (Å²) < 4.78 is 24.9. The summed E-state index contributed by atoms with van der Waals surface area (Å²) in [5, 5.41) is 9.96. The fourth-order valence-electron chi connectivity index (χ4n) is 2.47. The largest absolute Gasteiger partial charge is 0.388 e. The molecule has 3 N–H and O–H groups in total.